The number of aromatic nitrogens is 1. The number of nitrogens with zero attached hydrogens (tertiary/aromatic N) is 1. The molecule has 1 aromatic heterocycles. The third kappa shape index (κ3) is 5.26. The average Bonchev–Trinajstić information content (AvgIpc) is 3.09. The summed E-state index contributed by atoms with van der Waals surface area (Å²) in [5, 5.41) is 3.38. The van der Waals surface area contributed by atoms with E-state index in [9.17, 15) is 4.79 Å². The van der Waals surface area contributed by atoms with Crippen molar-refractivity contribution in [3.05, 3.63) is 53.4 Å². The lowest BCUT2D eigenvalue weighted by atomic mass is 10.1. The van der Waals surface area contributed by atoms with Gasteiger partial charge in [0.1, 0.15) is 17.2 Å². The highest BCUT2D eigenvalue weighted by Crippen LogP contribution is 2.31. The van der Waals surface area contributed by atoms with Crippen LogP contribution in [0.15, 0.2) is 48.5 Å². The predicted octanol–water partition coefficient (Wildman–Crippen LogP) is 4.93. The fourth-order valence-corrected chi connectivity index (χ4v) is 3.57. The molecule has 0 aliphatic heterocycles. The van der Waals surface area contributed by atoms with Crippen LogP contribution in [0.4, 0.5) is 5.13 Å². The summed E-state index contributed by atoms with van der Waals surface area (Å²) in [4.78, 5) is 18.1. The number of rotatable bonds is 8. The molecule has 1 heterocycles. The summed E-state index contributed by atoms with van der Waals surface area (Å²) in [5.41, 5.74) is 1.82. The minimum absolute atomic E-state index is 0.264. The van der Waals surface area contributed by atoms with E-state index in [0.717, 1.165) is 21.9 Å². The van der Waals surface area contributed by atoms with Crippen LogP contribution < -0.4 is 19.5 Å². The van der Waals surface area contributed by atoms with Crippen molar-refractivity contribution in [1.82, 2.24) is 4.98 Å². The molecule has 0 aliphatic carbocycles. The molecule has 2 aromatic carbocycles. The molecule has 0 fully saturated rings. The van der Waals surface area contributed by atoms with Crippen LogP contribution in [0.2, 0.25) is 0 Å². The highest BCUT2D eigenvalue weighted by atomic mass is 32.1. The van der Waals surface area contributed by atoms with E-state index in [1.54, 1.807) is 26.2 Å². The minimum atomic E-state index is -0.680. The Morgan fingerprint density at radius 1 is 1.14 bits per heavy atom. The van der Waals surface area contributed by atoms with Crippen molar-refractivity contribution in [3.8, 4) is 28.5 Å². The zero-order valence-electron chi connectivity index (χ0n) is 16.9. The highest BCUT2D eigenvalue weighted by molar-refractivity contribution is 7.16. The number of methoxy groups -OCH3 is 1. The summed E-state index contributed by atoms with van der Waals surface area (Å²) in [6, 6.07) is 14.9. The van der Waals surface area contributed by atoms with E-state index in [-0.39, 0.29) is 5.91 Å². The van der Waals surface area contributed by atoms with Crippen molar-refractivity contribution in [1.29, 1.82) is 0 Å². The van der Waals surface area contributed by atoms with E-state index in [1.165, 1.54) is 11.3 Å². The summed E-state index contributed by atoms with van der Waals surface area (Å²) in [6.45, 7) is 6.26. The lowest BCUT2D eigenvalue weighted by Gasteiger charge is -2.14. The van der Waals surface area contributed by atoms with Crippen molar-refractivity contribution in [3.63, 3.8) is 0 Å². The number of amides is 1. The maximum absolute atomic E-state index is 12.5. The predicted molar refractivity (Wildman–Crippen MR) is 115 cm³/mol. The Kier molecular flexibility index (Phi) is 6.72. The molecule has 0 radical (unpaired) electrons. The van der Waals surface area contributed by atoms with Crippen molar-refractivity contribution in [2.24, 2.45) is 0 Å². The average molecular weight is 413 g/mol. The van der Waals surface area contributed by atoms with Gasteiger partial charge in [0.15, 0.2) is 11.2 Å². The molecule has 1 amide bonds. The third-order valence-corrected chi connectivity index (χ3v) is 5.08. The van der Waals surface area contributed by atoms with Crippen molar-refractivity contribution in [2.75, 3.05) is 19.0 Å². The van der Waals surface area contributed by atoms with Crippen LogP contribution in [-0.4, -0.2) is 30.7 Å². The Labute approximate surface area is 174 Å². The third-order valence-electron chi connectivity index (χ3n) is 4.19. The Hall–Kier alpha value is -3.06. The summed E-state index contributed by atoms with van der Waals surface area (Å²) in [6.07, 6.45) is -0.680. The molecule has 0 spiro atoms. The van der Waals surface area contributed by atoms with Gasteiger partial charge in [-0.1, -0.05) is 6.07 Å². The molecule has 7 heteroatoms. The summed E-state index contributed by atoms with van der Waals surface area (Å²) < 4.78 is 16.4. The maximum atomic E-state index is 12.5. The van der Waals surface area contributed by atoms with Gasteiger partial charge in [0.05, 0.1) is 19.4 Å². The number of thiazole rings is 1. The first-order valence-corrected chi connectivity index (χ1v) is 10.1. The first kappa shape index (κ1) is 20.7. The standard InChI is InChI=1S/C22H24N2O4S/c1-5-27-17-11-9-16(10-12-17)20-15(3)29-22(23-20)24-21(25)14(2)28-19-8-6-7-18(13-19)26-4/h6-14H,5H2,1-4H3,(H,23,24,25). The lowest BCUT2D eigenvalue weighted by molar-refractivity contribution is -0.122. The van der Waals surface area contributed by atoms with Crippen molar-refractivity contribution in [2.45, 2.75) is 26.9 Å². The molecule has 0 aliphatic rings. The van der Waals surface area contributed by atoms with Crippen LogP contribution >= 0.6 is 11.3 Å². The Balaban J connectivity index is 1.66. The van der Waals surface area contributed by atoms with Crippen molar-refractivity contribution < 1.29 is 19.0 Å². The molecule has 1 N–H and O–H groups in total. The number of hydrogen-bond donors (Lipinski definition) is 1. The number of benzene rings is 2. The molecule has 0 bridgehead atoms. The molecule has 29 heavy (non-hydrogen) atoms. The topological polar surface area (TPSA) is 69.7 Å². The van der Waals surface area contributed by atoms with Gasteiger partial charge in [0.2, 0.25) is 0 Å². The Morgan fingerprint density at radius 3 is 2.55 bits per heavy atom. The van der Waals surface area contributed by atoms with E-state index >= 15 is 0 Å². The zero-order valence-corrected chi connectivity index (χ0v) is 17.7. The first-order chi connectivity index (χ1) is 14.0. The van der Waals surface area contributed by atoms with Crippen LogP contribution in [0, 0.1) is 6.92 Å². The Morgan fingerprint density at radius 2 is 1.86 bits per heavy atom. The molecular weight excluding hydrogens is 388 g/mol. The molecule has 0 saturated carbocycles. The molecule has 1 unspecified atom stereocenters. The van der Waals surface area contributed by atoms with Gasteiger partial charge in [0.25, 0.3) is 5.91 Å². The van der Waals surface area contributed by atoms with Crippen LogP contribution in [0.5, 0.6) is 17.2 Å². The lowest BCUT2D eigenvalue weighted by Crippen LogP contribution is -2.30. The molecule has 3 aromatic rings. The molecular formula is C22H24N2O4S. The monoisotopic (exact) mass is 412 g/mol. The normalized spacial score (nSPS) is 11.6. The number of hydrogen-bond acceptors (Lipinski definition) is 6. The second-order valence-corrected chi connectivity index (χ2v) is 7.51. The van der Waals surface area contributed by atoms with Gasteiger partial charge in [-0.05, 0) is 57.2 Å². The number of carbonyl (C=O) groups is 1. The minimum Gasteiger partial charge on any atom is -0.497 e. The summed E-state index contributed by atoms with van der Waals surface area (Å²) >= 11 is 1.43. The molecule has 3 rings (SSSR count). The van der Waals surface area contributed by atoms with E-state index in [4.69, 9.17) is 14.2 Å². The van der Waals surface area contributed by atoms with Gasteiger partial charge in [-0.3, -0.25) is 10.1 Å². The van der Waals surface area contributed by atoms with E-state index in [2.05, 4.69) is 10.3 Å². The largest absolute Gasteiger partial charge is 0.497 e. The van der Waals surface area contributed by atoms with Gasteiger partial charge < -0.3 is 14.2 Å². The Bertz CT molecular complexity index is 969. The molecule has 0 saturated heterocycles. The zero-order chi connectivity index (χ0) is 20.8. The molecule has 1 atom stereocenters. The van der Waals surface area contributed by atoms with E-state index in [0.29, 0.717) is 23.2 Å². The smallest absolute Gasteiger partial charge is 0.266 e. The number of anilines is 1. The number of ether oxygens (including phenoxy) is 3. The maximum Gasteiger partial charge on any atom is 0.266 e. The number of carbonyl (C=O) groups excluding carboxylic acids is 1. The van der Waals surface area contributed by atoms with E-state index < -0.39 is 6.10 Å². The number of aryl methyl sites for hydroxylation is 1. The second kappa shape index (κ2) is 9.43. The van der Waals surface area contributed by atoms with Crippen molar-refractivity contribution >= 4 is 22.4 Å². The van der Waals surface area contributed by atoms with Gasteiger partial charge in [-0.15, -0.1) is 11.3 Å². The van der Waals surface area contributed by atoms with Gasteiger partial charge >= 0.3 is 0 Å². The highest BCUT2D eigenvalue weighted by Gasteiger charge is 2.18. The number of nitrogens with one attached hydrogen (secondary N) is 1. The van der Waals surface area contributed by atoms with Gasteiger partial charge in [-0.2, -0.15) is 0 Å². The van der Waals surface area contributed by atoms with Crippen LogP contribution in [-0.2, 0) is 4.79 Å². The quantitative estimate of drug-likeness (QED) is 0.568. The first-order valence-electron chi connectivity index (χ1n) is 9.32. The SMILES string of the molecule is CCOc1ccc(-c2nc(NC(=O)C(C)Oc3cccc(OC)c3)sc2C)cc1. The van der Waals surface area contributed by atoms with Gasteiger partial charge in [0, 0.05) is 16.5 Å². The molecule has 152 valence electrons. The van der Waals surface area contributed by atoms with Crippen LogP contribution in [0.25, 0.3) is 11.3 Å². The fourth-order valence-electron chi connectivity index (χ4n) is 2.73. The van der Waals surface area contributed by atoms with Gasteiger partial charge in [-0.25, -0.2) is 4.98 Å². The van der Waals surface area contributed by atoms with Crippen LogP contribution in [0.1, 0.15) is 18.7 Å². The summed E-state index contributed by atoms with van der Waals surface area (Å²) in [7, 11) is 1.59. The van der Waals surface area contributed by atoms with E-state index in [1.807, 2.05) is 50.2 Å². The fraction of sp³-hybridized carbons (Fsp3) is 0.273. The second-order valence-electron chi connectivity index (χ2n) is 6.31. The van der Waals surface area contributed by atoms with Crippen LogP contribution in [0.3, 0.4) is 0 Å². The summed E-state index contributed by atoms with van der Waals surface area (Å²) in [5.74, 6) is 1.80. The molecule has 6 nitrogen and oxygen atoms in total.